The van der Waals surface area contributed by atoms with Crippen molar-refractivity contribution >= 4 is 22.3 Å². The maximum atomic E-state index is 12.5. The van der Waals surface area contributed by atoms with E-state index in [0.717, 1.165) is 26.1 Å². The first-order chi connectivity index (χ1) is 13.8. The highest BCUT2D eigenvalue weighted by Gasteiger charge is 2.49. The molecule has 3 N–H and O–H groups in total. The summed E-state index contributed by atoms with van der Waals surface area (Å²) < 4.78 is 40.4. The molecule has 4 aliphatic heterocycles. The van der Waals surface area contributed by atoms with Crippen molar-refractivity contribution < 1.29 is 36.4 Å². The standard InChI is InChI=1S/C15H25N5O8S/c21-14(17-27-8-10-5-12(6-16-10)18-3-4-26-9-18)13-2-1-11-7-19(13)15(22)20(11)28-29(23,24)25/h10-13,16H,1-9H2,(H,17,21)(H,23,24,25)/t10-,11?,12+,13?/m1/s1. The van der Waals surface area contributed by atoms with Gasteiger partial charge in [0, 0.05) is 31.7 Å². The number of nitrogens with zero attached hydrogens (tertiary/aromatic N) is 3. The number of piperidine rings is 1. The van der Waals surface area contributed by atoms with Crippen molar-refractivity contribution in [2.45, 2.75) is 43.4 Å². The van der Waals surface area contributed by atoms with Crippen molar-refractivity contribution in [3.8, 4) is 0 Å². The maximum absolute atomic E-state index is 12.5. The van der Waals surface area contributed by atoms with Crippen LogP contribution in [0.3, 0.4) is 0 Å². The molecule has 3 amide bonds. The lowest BCUT2D eigenvalue weighted by atomic mass is 10.0. The van der Waals surface area contributed by atoms with Crippen molar-refractivity contribution in [1.29, 1.82) is 0 Å². The normalized spacial score (nSPS) is 32.9. The fourth-order valence-corrected chi connectivity index (χ4v) is 4.69. The van der Waals surface area contributed by atoms with E-state index >= 15 is 0 Å². The molecule has 0 aromatic rings. The average molecular weight is 435 g/mol. The smallest absolute Gasteiger partial charge is 0.365 e. The number of ether oxygens (including phenoxy) is 1. The Hall–Kier alpha value is -1.55. The van der Waals surface area contributed by atoms with Crippen LogP contribution in [0.1, 0.15) is 19.3 Å². The average Bonchev–Trinajstić information content (AvgIpc) is 3.39. The molecule has 0 aromatic carbocycles. The molecule has 0 saturated carbocycles. The molecule has 4 atom stereocenters. The van der Waals surface area contributed by atoms with Gasteiger partial charge in [0.05, 0.1) is 26.0 Å². The molecule has 4 heterocycles. The monoisotopic (exact) mass is 435 g/mol. The van der Waals surface area contributed by atoms with Gasteiger partial charge in [0.1, 0.15) is 6.04 Å². The van der Waals surface area contributed by atoms with Crippen LogP contribution in [0, 0.1) is 0 Å². The minimum absolute atomic E-state index is 0.101. The number of hydroxylamine groups is 3. The highest BCUT2D eigenvalue weighted by atomic mass is 32.3. The molecule has 2 unspecified atom stereocenters. The molecule has 4 aliphatic rings. The Morgan fingerprint density at radius 1 is 1.34 bits per heavy atom. The van der Waals surface area contributed by atoms with Crippen LogP contribution in [0.2, 0.25) is 0 Å². The fraction of sp³-hybridized carbons (Fsp3) is 0.867. The highest BCUT2D eigenvalue weighted by Crippen LogP contribution is 2.30. The summed E-state index contributed by atoms with van der Waals surface area (Å²) in [4.78, 5) is 33.6. The lowest BCUT2D eigenvalue weighted by Gasteiger charge is -2.29. The molecule has 0 spiro atoms. The predicted octanol–water partition coefficient (Wildman–Crippen LogP) is -1.94. The molecule has 4 fully saturated rings. The lowest BCUT2D eigenvalue weighted by molar-refractivity contribution is -0.139. The van der Waals surface area contributed by atoms with Gasteiger partial charge >= 0.3 is 16.4 Å². The Bertz CT molecular complexity index is 745. The summed E-state index contributed by atoms with van der Waals surface area (Å²) >= 11 is 0. The van der Waals surface area contributed by atoms with Crippen LogP contribution < -0.4 is 10.8 Å². The van der Waals surface area contributed by atoms with Gasteiger partial charge in [0.2, 0.25) is 0 Å². The number of amides is 3. The first-order valence-electron chi connectivity index (χ1n) is 9.55. The lowest BCUT2D eigenvalue weighted by Crippen LogP contribution is -2.50. The fourth-order valence-electron chi connectivity index (χ4n) is 4.30. The van der Waals surface area contributed by atoms with Gasteiger partial charge in [-0.25, -0.2) is 10.3 Å². The Labute approximate surface area is 168 Å². The van der Waals surface area contributed by atoms with Crippen molar-refractivity contribution in [3.05, 3.63) is 0 Å². The molecular weight excluding hydrogens is 410 g/mol. The summed E-state index contributed by atoms with van der Waals surface area (Å²) in [7, 11) is -4.82. The molecule has 0 aromatic heterocycles. The van der Waals surface area contributed by atoms with Gasteiger partial charge in [-0.3, -0.25) is 19.1 Å². The predicted molar refractivity (Wildman–Crippen MR) is 95.2 cm³/mol. The summed E-state index contributed by atoms with van der Waals surface area (Å²) in [5, 5.41) is 3.96. The second kappa shape index (κ2) is 8.29. The van der Waals surface area contributed by atoms with E-state index in [1.54, 1.807) is 0 Å². The largest absolute Gasteiger partial charge is 0.418 e. The van der Waals surface area contributed by atoms with Gasteiger partial charge in [-0.15, -0.1) is 4.28 Å². The number of carbonyl (C=O) groups excluding carboxylic acids is 2. The van der Waals surface area contributed by atoms with E-state index in [2.05, 4.69) is 20.0 Å². The molecule has 2 bridgehead atoms. The summed E-state index contributed by atoms with van der Waals surface area (Å²) in [5.41, 5.74) is 2.39. The van der Waals surface area contributed by atoms with Crippen LogP contribution in [0.4, 0.5) is 4.79 Å². The maximum Gasteiger partial charge on any atom is 0.418 e. The van der Waals surface area contributed by atoms with Crippen molar-refractivity contribution in [3.63, 3.8) is 0 Å². The number of hydrogen-bond donors (Lipinski definition) is 3. The quantitative estimate of drug-likeness (QED) is 0.304. The molecule has 14 heteroatoms. The van der Waals surface area contributed by atoms with Crippen LogP contribution >= 0.6 is 0 Å². The van der Waals surface area contributed by atoms with Crippen LogP contribution in [-0.4, -0.2) is 104 Å². The molecule has 0 aliphatic carbocycles. The number of hydrogen-bond acceptors (Lipinski definition) is 9. The molecule has 164 valence electrons. The van der Waals surface area contributed by atoms with Gasteiger partial charge in [0.15, 0.2) is 0 Å². The number of urea groups is 1. The van der Waals surface area contributed by atoms with Crippen LogP contribution in [0.25, 0.3) is 0 Å². The molecule has 13 nitrogen and oxygen atoms in total. The third-order valence-corrected chi connectivity index (χ3v) is 6.10. The summed E-state index contributed by atoms with van der Waals surface area (Å²) in [6, 6.07) is -1.63. The number of carbonyl (C=O) groups is 2. The zero-order chi connectivity index (χ0) is 20.6. The Kier molecular flexibility index (Phi) is 5.92. The first-order valence-corrected chi connectivity index (χ1v) is 10.9. The number of fused-ring (bicyclic) bond motifs is 2. The minimum atomic E-state index is -4.82. The van der Waals surface area contributed by atoms with Gasteiger partial charge < -0.3 is 15.0 Å². The zero-order valence-electron chi connectivity index (χ0n) is 15.7. The zero-order valence-corrected chi connectivity index (χ0v) is 16.5. The second-order valence-electron chi connectivity index (χ2n) is 7.63. The van der Waals surface area contributed by atoms with Gasteiger partial charge in [-0.05, 0) is 19.3 Å². The van der Waals surface area contributed by atoms with Gasteiger partial charge in [-0.1, -0.05) is 0 Å². The van der Waals surface area contributed by atoms with Crippen molar-refractivity contribution in [1.82, 2.24) is 25.7 Å². The SMILES string of the molecule is O=C(NOC[C@H]1C[C@H](N2CCOC2)CN1)C1CCC2CN1C(=O)N2OS(=O)(=O)O. The molecule has 4 rings (SSSR count). The van der Waals surface area contributed by atoms with E-state index in [-0.39, 0.29) is 19.2 Å². The van der Waals surface area contributed by atoms with Crippen LogP contribution in [0.15, 0.2) is 0 Å². The van der Waals surface area contributed by atoms with Gasteiger partial charge in [-0.2, -0.15) is 13.5 Å². The summed E-state index contributed by atoms with van der Waals surface area (Å²) in [6.45, 7) is 3.57. The van der Waals surface area contributed by atoms with Crippen LogP contribution in [0.5, 0.6) is 0 Å². The molecule has 0 radical (unpaired) electrons. The highest BCUT2D eigenvalue weighted by molar-refractivity contribution is 7.80. The Balaban J connectivity index is 1.23. The number of rotatable bonds is 7. The summed E-state index contributed by atoms with van der Waals surface area (Å²) in [6.07, 6.45) is 1.58. The molecule has 4 saturated heterocycles. The topological polar surface area (TPSA) is 150 Å². The summed E-state index contributed by atoms with van der Waals surface area (Å²) in [5.74, 6) is -0.479. The van der Waals surface area contributed by atoms with Crippen molar-refractivity contribution in [2.24, 2.45) is 0 Å². The van der Waals surface area contributed by atoms with E-state index in [0.29, 0.717) is 30.7 Å². The molecule has 29 heavy (non-hydrogen) atoms. The van der Waals surface area contributed by atoms with E-state index in [4.69, 9.17) is 14.1 Å². The minimum Gasteiger partial charge on any atom is -0.365 e. The third-order valence-electron chi connectivity index (χ3n) is 5.75. The van der Waals surface area contributed by atoms with E-state index < -0.39 is 34.4 Å². The Morgan fingerprint density at radius 3 is 2.90 bits per heavy atom. The number of nitrogens with one attached hydrogen (secondary N) is 2. The Morgan fingerprint density at radius 2 is 2.17 bits per heavy atom. The second-order valence-corrected chi connectivity index (χ2v) is 8.64. The van der Waals surface area contributed by atoms with E-state index in [1.807, 2.05) is 0 Å². The van der Waals surface area contributed by atoms with Crippen LogP contribution in [-0.2, 0) is 29.1 Å². The third kappa shape index (κ3) is 4.63. The van der Waals surface area contributed by atoms with Gasteiger partial charge in [0.25, 0.3) is 5.91 Å². The molecular formula is C15H25N5O8S. The van der Waals surface area contributed by atoms with E-state index in [9.17, 15) is 18.0 Å². The van der Waals surface area contributed by atoms with Crippen molar-refractivity contribution in [2.75, 3.05) is 39.6 Å². The first kappa shape index (κ1) is 20.7. The van der Waals surface area contributed by atoms with E-state index in [1.165, 1.54) is 4.90 Å².